The van der Waals surface area contributed by atoms with Crippen molar-refractivity contribution in [3.8, 4) is 0 Å². The van der Waals surface area contributed by atoms with Gasteiger partial charge in [-0.2, -0.15) is 0 Å². The van der Waals surface area contributed by atoms with Gasteiger partial charge >= 0.3 is 0 Å². The van der Waals surface area contributed by atoms with E-state index in [-0.39, 0.29) is 5.91 Å². The van der Waals surface area contributed by atoms with E-state index < -0.39 is 0 Å². The van der Waals surface area contributed by atoms with Crippen LogP contribution in [0.5, 0.6) is 0 Å². The molecule has 1 unspecified atom stereocenters. The van der Waals surface area contributed by atoms with Crippen LogP contribution in [0.15, 0.2) is 36.1 Å². The molecule has 0 spiro atoms. The van der Waals surface area contributed by atoms with Gasteiger partial charge in [0.2, 0.25) is 5.91 Å². The van der Waals surface area contributed by atoms with Crippen molar-refractivity contribution in [2.75, 3.05) is 6.54 Å². The first kappa shape index (κ1) is 13.8. The third kappa shape index (κ3) is 4.22. The minimum Gasteiger partial charge on any atom is -0.316 e. The maximum atomic E-state index is 11.2. The molecule has 1 aliphatic carbocycles. The van der Waals surface area contributed by atoms with Crippen LogP contribution in [-0.2, 0) is 4.79 Å². The van der Waals surface area contributed by atoms with Crippen LogP contribution < -0.4 is 0 Å². The number of amides is 1. The number of hydrogen-bond donors (Lipinski definition) is 0. The summed E-state index contributed by atoms with van der Waals surface area (Å²) in [5.74, 6) is 0.695. The van der Waals surface area contributed by atoms with Gasteiger partial charge in [-0.15, -0.1) is 0 Å². The van der Waals surface area contributed by atoms with E-state index in [4.69, 9.17) is 0 Å². The predicted molar refractivity (Wildman–Crippen MR) is 72.4 cm³/mol. The lowest BCUT2D eigenvalue weighted by atomic mass is 9.85. The van der Waals surface area contributed by atoms with Crippen molar-refractivity contribution in [3.63, 3.8) is 0 Å². The van der Waals surface area contributed by atoms with Crippen LogP contribution in [0.3, 0.4) is 0 Å². The Balaban J connectivity index is 2.55. The molecule has 1 atom stereocenters. The Morgan fingerprint density at radius 2 is 2.29 bits per heavy atom. The molecule has 0 aromatic carbocycles. The van der Waals surface area contributed by atoms with E-state index in [1.54, 1.807) is 18.0 Å². The van der Waals surface area contributed by atoms with Crippen molar-refractivity contribution in [3.05, 3.63) is 36.1 Å². The topological polar surface area (TPSA) is 20.3 Å². The van der Waals surface area contributed by atoms with Gasteiger partial charge in [0, 0.05) is 13.5 Å². The monoisotopic (exact) mass is 233 g/mol. The maximum Gasteiger partial charge on any atom is 0.223 e. The lowest BCUT2D eigenvalue weighted by molar-refractivity contribution is -0.125. The lowest BCUT2D eigenvalue weighted by Gasteiger charge is -2.22. The second-order valence-electron chi connectivity index (χ2n) is 4.82. The first-order valence-corrected chi connectivity index (χ1v) is 6.26. The molecule has 1 rings (SSSR count). The zero-order valence-corrected chi connectivity index (χ0v) is 11.2. The Hall–Kier alpha value is -1.31. The largest absolute Gasteiger partial charge is 0.316 e. The van der Waals surface area contributed by atoms with E-state index >= 15 is 0 Å². The highest BCUT2D eigenvalue weighted by Gasteiger charge is 2.14. The summed E-state index contributed by atoms with van der Waals surface area (Å²) in [4.78, 5) is 12.9. The summed E-state index contributed by atoms with van der Waals surface area (Å²) < 4.78 is 0. The van der Waals surface area contributed by atoms with Gasteiger partial charge in [-0.3, -0.25) is 4.79 Å². The minimum atomic E-state index is 0.0448. The van der Waals surface area contributed by atoms with Crippen LogP contribution in [0.25, 0.3) is 0 Å². The lowest BCUT2D eigenvalue weighted by Crippen LogP contribution is -2.22. The van der Waals surface area contributed by atoms with Crippen molar-refractivity contribution in [2.24, 2.45) is 5.92 Å². The number of carbonyl (C=O) groups excluding carboxylic acids is 1. The molecular formula is C15H23NO. The van der Waals surface area contributed by atoms with E-state index in [2.05, 4.69) is 32.6 Å². The second-order valence-corrected chi connectivity index (χ2v) is 4.82. The Morgan fingerprint density at radius 1 is 1.59 bits per heavy atom. The highest BCUT2D eigenvalue weighted by atomic mass is 16.2. The van der Waals surface area contributed by atoms with E-state index in [9.17, 15) is 4.79 Å². The molecule has 2 nitrogen and oxygen atoms in total. The van der Waals surface area contributed by atoms with E-state index in [0.717, 1.165) is 6.42 Å². The summed E-state index contributed by atoms with van der Waals surface area (Å²) in [6.45, 7) is 10.2. The number of hydrogen-bond acceptors (Lipinski definition) is 1. The average molecular weight is 233 g/mol. The number of carbonyl (C=O) groups is 1. The van der Waals surface area contributed by atoms with E-state index in [0.29, 0.717) is 12.5 Å². The van der Waals surface area contributed by atoms with Gasteiger partial charge in [-0.1, -0.05) is 29.9 Å². The molecule has 0 N–H and O–H groups in total. The standard InChI is InChI=1S/C15H23NO/c1-5-16(14(4)17)11-10-13(3)15-8-6-12(2)7-9-15/h5-6,10,15H,1,7-9,11H2,2-4H3/b13-10+. The molecule has 1 amide bonds. The molecule has 0 saturated carbocycles. The molecule has 0 heterocycles. The SMILES string of the molecule is C=CN(C/C=C(\C)C1CC=C(C)CC1)C(C)=O. The van der Waals surface area contributed by atoms with Gasteiger partial charge in [0.1, 0.15) is 0 Å². The van der Waals surface area contributed by atoms with Gasteiger partial charge in [0.15, 0.2) is 0 Å². The predicted octanol–water partition coefficient (Wildman–Crippen LogP) is 3.67. The van der Waals surface area contributed by atoms with Crippen LogP contribution >= 0.6 is 0 Å². The first-order chi connectivity index (χ1) is 8.04. The molecule has 0 bridgehead atoms. The Kier molecular flexibility index (Phi) is 5.20. The second kappa shape index (κ2) is 6.43. The Morgan fingerprint density at radius 3 is 2.76 bits per heavy atom. The summed E-state index contributed by atoms with van der Waals surface area (Å²) in [6.07, 6.45) is 9.66. The normalized spacial score (nSPS) is 20.8. The van der Waals surface area contributed by atoms with Crippen LogP contribution in [0.1, 0.15) is 40.0 Å². The molecule has 17 heavy (non-hydrogen) atoms. The van der Waals surface area contributed by atoms with E-state index in [1.165, 1.54) is 24.0 Å². The minimum absolute atomic E-state index is 0.0448. The molecule has 0 aromatic rings. The summed E-state index contributed by atoms with van der Waals surface area (Å²) in [6, 6.07) is 0. The zero-order chi connectivity index (χ0) is 12.8. The van der Waals surface area contributed by atoms with Crippen molar-refractivity contribution in [1.29, 1.82) is 0 Å². The molecule has 0 aromatic heterocycles. The molecule has 0 saturated heterocycles. The summed E-state index contributed by atoms with van der Waals surface area (Å²) in [5.41, 5.74) is 2.90. The first-order valence-electron chi connectivity index (χ1n) is 6.26. The van der Waals surface area contributed by atoms with Crippen LogP contribution in [0, 0.1) is 5.92 Å². The van der Waals surface area contributed by atoms with Gasteiger partial charge in [-0.25, -0.2) is 0 Å². The maximum absolute atomic E-state index is 11.2. The van der Waals surface area contributed by atoms with Gasteiger partial charge < -0.3 is 4.90 Å². The summed E-state index contributed by atoms with van der Waals surface area (Å²) in [7, 11) is 0. The van der Waals surface area contributed by atoms with E-state index in [1.807, 2.05) is 0 Å². The summed E-state index contributed by atoms with van der Waals surface area (Å²) >= 11 is 0. The van der Waals surface area contributed by atoms with Crippen molar-refractivity contribution in [1.82, 2.24) is 4.90 Å². The highest BCUT2D eigenvalue weighted by molar-refractivity contribution is 5.74. The third-order valence-electron chi connectivity index (χ3n) is 3.52. The molecule has 0 aliphatic heterocycles. The van der Waals surface area contributed by atoms with Gasteiger partial charge in [0.25, 0.3) is 0 Å². The van der Waals surface area contributed by atoms with Crippen molar-refractivity contribution in [2.45, 2.75) is 40.0 Å². The number of allylic oxidation sites excluding steroid dienone is 3. The quantitative estimate of drug-likeness (QED) is 0.678. The summed E-state index contributed by atoms with van der Waals surface area (Å²) in [5, 5.41) is 0. The Bertz CT molecular complexity index is 352. The Labute approximate surface area is 105 Å². The smallest absolute Gasteiger partial charge is 0.223 e. The van der Waals surface area contributed by atoms with Crippen molar-refractivity contribution >= 4 is 5.91 Å². The molecule has 0 radical (unpaired) electrons. The molecular weight excluding hydrogens is 210 g/mol. The molecule has 94 valence electrons. The fourth-order valence-electron chi connectivity index (χ4n) is 2.12. The zero-order valence-electron chi connectivity index (χ0n) is 11.2. The highest BCUT2D eigenvalue weighted by Crippen LogP contribution is 2.28. The van der Waals surface area contributed by atoms with Crippen LogP contribution in [0.2, 0.25) is 0 Å². The molecule has 1 aliphatic rings. The van der Waals surface area contributed by atoms with Crippen LogP contribution in [-0.4, -0.2) is 17.4 Å². The number of rotatable bonds is 4. The third-order valence-corrected chi connectivity index (χ3v) is 3.52. The molecule has 0 fully saturated rings. The van der Waals surface area contributed by atoms with Gasteiger partial charge in [-0.05, 0) is 45.2 Å². The van der Waals surface area contributed by atoms with Crippen molar-refractivity contribution < 1.29 is 4.79 Å². The number of nitrogens with zero attached hydrogens (tertiary/aromatic N) is 1. The van der Waals surface area contributed by atoms with Gasteiger partial charge in [0.05, 0.1) is 0 Å². The molecule has 2 heteroatoms. The average Bonchev–Trinajstić information content (AvgIpc) is 2.30. The van der Waals surface area contributed by atoms with Crippen LogP contribution in [0.4, 0.5) is 0 Å². The fourth-order valence-corrected chi connectivity index (χ4v) is 2.12. The fraction of sp³-hybridized carbons (Fsp3) is 0.533.